The molecule has 3 heteroatoms. The normalized spacial score (nSPS) is 11.9. The Bertz CT molecular complexity index is 583. The summed E-state index contributed by atoms with van der Waals surface area (Å²) in [5.74, 6) is -0.309. The topological polar surface area (TPSA) is 20.3 Å². The van der Waals surface area contributed by atoms with Crippen molar-refractivity contribution >= 4 is 11.5 Å². The Morgan fingerprint density at radius 3 is 2.50 bits per heavy atom. The molecular weight excluding hydrogens is 253 g/mol. The molecule has 1 unspecified atom stereocenters. The summed E-state index contributed by atoms with van der Waals surface area (Å²) < 4.78 is 13.2. The van der Waals surface area contributed by atoms with Crippen LogP contribution in [0.2, 0.25) is 0 Å². The lowest BCUT2D eigenvalue weighted by molar-refractivity contribution is 0.0933. The number of benzene rings is 2. The van der Waals surface area contributed by atoms with E-state index in [1.54, 1.807) is 6.07 Å². The van der Waals surface area contributed by atoms with E-state index in [9.17, 15) is 9.18 Å². The van der Waals surface area contributed by atoms with Gasteiger partial charge in [-0.1, -0.05) is 43.3 Å². The average molecular weight is 271 g/mol. The monoisotopic (exact) mass is 271 g/mol. The molecule has 1 atom stereocenters. The van der Waals surface area contributed by atoms with E-state index in [1.807, 2.05) is 55.3 Å². The minimum atomic E-state index is -0.267. The number of hydrogen-bond acceptors (Lipinski definition) is 2. The SMILES string of the molecule is CC(CN(C)c1cccc(F)c1)C(=O)c1ccccc1. The molecule has 2 aromatic rings. The van der Waals surface area contributed by atoms with Crippen LogP contribution in [0.15, 0.2) is 54.6 Å². The van der Waals surface area contributed by atoms with E-state index in [-0.39, 0.29) is 17.5 Å². The van der Waals surface area contributed by atoms with Gasteiger partial charge in [0.25, 0.3) is 0 Å². The summed E-state index contributed by atoms with van der Waals surface area (Å²) in [5, 5.41) is 0. The average Bonchev–Trinajstić information content (AvgIpc) is 2.47. The quantitative estimate of drug-likeness (QED) is 0.771. The van der Waals surface area contributed by atoms with Crippen molar-refractivity contribution in [2.24, 2.45) is 5.92 Å². The maximum absolute atomic E-state index is 13.2. The van der Waals surface area contributed by atoms with E-state index in [0.29, 0.717) is 12.1 Å². The van der Waals surface area contributed by atoms with Crippen LogP contribution >= 0.6 is 0 Å². The zero-order valence-corrected chi connectivity index (χ0v) is 11.7. The highest BCUT2D eigenvalue weighted by molar-refractivity contribution is 5.97. The molecule has 0 radical (unpaired) electrons. The number of hydrogen-bond donors (Lipinski definition) is 0. The summed E-state index contributed by atoms with van der Waals surface area (Å²) in [6.45, 7) is 2.45. The molecule has 0 fully saturated rings. The predicted molar refractivity (Wildman–Crippen MR) is 79.6 cm³/mol. The Balaban J connectivity index is 2.04. The van der Waals surface area contributed by atoms with Gasteiger partial charge in [-0.2, -0.15) is 0 Å². The summed E-state index contributed by atoms with van der Waals surface area (Å²) in [6.07, 6.45) is 0. The molecule has 0 bridgehead atoms. The smallest absolute Gasteiger partial charge is 0.167 e. The van der Waals surface area contributed by atoms with Gasteiger partial charge < -0.3 is 4.90 Å². The van der Waals surface area contributed by atoms with Gasteiger partial charge in [0, 0.05) is 30.8 Å². The van der Waals surface area contributed by atoms with Crippen molar-refractivity contribution in [3.8, 4) is 0 Å². The Morgan fingerprint density at radius 1 is 1.15 bits per heavy atom. The van der Waals surface area contributed by atoms with E-state index in [4.69, 9.17) is 0 Å². The maximum atomic E-state index is 13.2. The third-order valence-corrected chi connectivity index (χ3v) is 3.30. The van der Waals surface area contributed by atoms with E-state index < -0.39 is 0 Å². The van der Waals surface area contributed by atoms with Gasteiger partial charge in [0.2, 0.25) is 0 Å². The van der Waals surface area contributed by atoms with Gasteiger partial charge in [-0.15, -0.1) is 0 Å². The molecule has 20 heavy (non-hydrogen) atoms. The lowest BCUT2D eigenvalue weighted by atomic mass is 9.99. The van der Waals surface area contributed by atoms with Crippen LogP contribution < -0.4 is 4.90 Å². The maximum Gasteiger partial charge on any atom is 0.167 e. The van der Waals surface area contributed by atoms with Crippen molar-refractivity contribution in [1.29, 1.82) is 0 Å². The molecule has 0 saturated heterocycles. The van der Waals surface area contributed by atoms with E-state index >= 15 is 0 Å². The van der Waals surface area contributed by atoms with Crippen molar-refractivity contribution in [3.05, 3.63) is 66.0 Å². The molecule has 104 valence electrons. The van der Waals surface area contributed by atoms with Crippen molar-refractivity contribution in [3.63, 3.8) is 0 Å². The molecule has 0 N–H and O–H groups in total. The van der Waals surface area contributed by atoms with E-state index in [1.165, 1.54) is 12.1 Å². The highest BCUT2D eigenvalue weighted by Crippen LogP contribution is 2.17. The highest BCUT2D eigenvalue weighted by Gasteiger charge is 2.17. The predicted octanol–water partition coefficient (Wildman–Crippen LogP) is 3.78. The molecule has 0 spiro atoms. The van der Waals surface area contributed by atoms with Crippen LogP contribution in [0.4, 0.5) is 10.1 Å². The second-order valence-corrected chi connectivity index (χ2v) is 4.99. The third-order valence-electron chi connectivity index (χ3n) is 3.30. The number of rotatable bonds is 5. The number of anilines is 1. The van der Waals surface area contributed by atoms with Gasteiger partial charge >= 0.3 is 0 Å². The second kappa shape index (κ2) is 6.33. The third kappa shape index (κ3) is 3.44. The first-order valence-corrected chi connectivity index (χ1v) is 6.64. The molecule has 0 aliphatic carbocycles. The number of halogens is 1. The summed E-state index contributed by atoms with van der Waals surface area (Å²) in [5.41, 5.74) is 1.49. The summed E-state index contributed by atoms with van der Waals surface area (Å²) in [4.78, 5) is 14.2. The van der Waals surface area contributed by atoms with E-state index in [0.717, 1.165) is 5.69 Å². The fraction of sp³-hybridized carbons (Fsp3) is 0.235. The van der Waals surface area contributed by atoms with Crippen LogP contribution in [0, 0.1) is 11.7 Å². The molecular formula is C17H18FNO. The van der Waals surface area contributed by atoms with Gasteiger partial charge in [-0.25, -0.2) is 4.39 Å². The molecule has 0 aliphatic heterocycles. The standard InChI is InChI=1S/C17H18FNO/c1-13(17(20)14-7-4-3-5-8-14)12-19(2)16-10-6-9-15(18)11-16/h3-11,13H,12H2,1-2H3. The summed E-state index contributed by atoms with van der Waals surface area (Å²) in [7, 11) is 1.86. The molecule has 0 saturated carbocycles. The van der Waals surface area contributed by atoms with Crippen LogP contribution in [0.1, 0.15) is 17.3 Å². The first kappa shape index (κ1) is 14.3. The van der Waals surface area contributed by atoms with Gasteiger partial charge in [0.15, 0.2) is 5.78 Å². The van der Waals surface area contributed by atoms with Crippen LogP contribution in [0.3, 0.4) is 0 Å². The van der Waals surface area contributed by atoms with Gasteiger partial charge in [0.05, 0.1) is 0 Å². The fourth-order valence-corrected chi connectivity index (χ4v) is 2.20. The van der Waals surface area contributed by atoms with E-state index in [2.05, 4.69) is 0 Å². The number of carbonyl (C=O) groups excluding carboxylic acids is 1. The van der Waals surface area contributed by atoms with Crippen LogP contribution in [-0.2, 0) is 0 Å². The first-order valence-electron chi connectivity index (χ1n) is 6.64. The lowest BCUT2D eigenvalue weighted by Gasteiger charge is -2.23. The first-order chi connectivity index (χ1) is 9.58. The zero-order valence-electron chi connectivity index (χ0n) is 11.7. The summed E-state index contributed by atoms with van der Waals surface area (Å²) >= 11 is 0. The summed E-state index contributed by atoms with van der Waals surface area (Å²) in [6, 6.07) is 15.6. The van der Waals surface area contributed by atoms with Gasteiger partial charge in [-0.3, -0.25) is 4.79 Å². The molecule has 2 aromatic carbocycles. The number of Topliss-reactive ketones (excluding diaryl/α,β-unsaturated/α-hetero) is 1. The van der Waals surface area contributed by atoms with Gasteiger partial charge in [-0.05, 0) is 18.2 Å². The van der Waals surface area contributed by atoms with Crippen LogP contribution in [0.25, 0.3) is 0 Å². The Morgan fingerprint density at radius 2 is 1.85 bits per heavy atom. The van der Waals surface area contributed by atoms with Crippen molar-refractivity contribution in [1.82, 2.24) is 0 Å². The van der Waals surface area contributed by atoms with Crippen molar-refractivity contribution < 1.29 is 9.18 Å². The second-order valence-electron chi connectivity index (χ2n) is 4.99. The number of ketones is 1. The minimum absolute atomic E-state index is 0.105. The number of carbonyl (C=O) groups is 1. The molecule has 0 aromatic heterocycles. The Kier molecular flexibility index (Phi) is 4.51. The largest absolute Gasteiger partial charge is 0.374 e. The van der Waals surface area contributed by atoms with Crippen LogP contribution in [-0.4, -0.2) is 19.4 Å². The minimum Gasteiger partial charge on any atom is -0.374 e. The lowest BCUT2D eigenvalue weighted by Crippen LogP contribution is -2.28. The van der Waals surface area contributed by atoms with Crippen molar-refractivity contribution in [2.45, 2.75) is 6.92 Å². The van der Waals surface area contributed by atoms with Gasteiger partial charge in [0.1, 0.15) is 5.82 Å². The Hall–Kier alpha value is -2.16. The molecule has 0 heterocycles. The van der Waals surface area contributed by atoms with Crippen molar-refractivity contribution in [2.75, 3.05) is 18.5 Å². The zero-order chi connectivity index (χ0) is 14.5. The molecule has 2 nitrogen and oxygen atoms in total. The molecule has 2 rings (SSSR count). The Labute approximate surface area is 118 Å². The molecule has 0 amide bonds. The number of nitrogens with zero attached hydrogens (tertiary/aromatic N) is 1. The fourth-order valence-electron chi connectivity index (χ4n) is 2.20. The molecule has 0 aliphatic rings. The highest BCUT2D eigenvalue weighted by atomic mass is 19.1. The van der Waals surface area contributed by atoms with Crippen LogP contribution in [0.5, 0.6) is 0 Å².